The lowest BCUT2D eigenvalue weighted by atomic mass is 9.91. The molecular formula is C20H20O8. The van der Waals surface area contributed by atoms with E-state index in [1.807, 2.05) is 0 Å². The third-order valence-corrected chi connectivity index (χ3v) is 5.02. The summed E-state index contributed by atoms with van der Waals surface area (Å²) >= 11 is 0. The number of phenolic OH excluding ortho intramolecular Hbond substituents is 3. The molecule has 0 unspecified atom stereocenters. The molecule has 0 saturated carbocycles. The lowest BCUT2D eigenvalue weighted by molar-refractivity contribution is -0.0766. The molecule has 8 heteroatoms. The maximum Gasteiger partial charge on any atom is 0.174 e. The summed E-state index contributed by atoms with van der Waals surface area (Å²) in [4.78, 5) is 12.5. The fourth-order valence-corrected chi connectivity index (χ4v) is 3.69. The lowest BCUT2D eigenvalue weighted by Crippen LogP contribution is -2.41. The number of carbonyl (C=O) groups is 1. The molecular weight excluding hydrogens is 368 g/mol. The standard InChI is InChI=1S/C20H20O8/c1-20(2,26)19-17(25)10-3-8(4-13(24)18(10)28-19)14-7-12(23)16-11(22)5-9(21)6-15(16)27-14/h3-6,14,17,19,21-22,24-26H,7H2,1-2H3/t14-,17-,19-/m0/s1. The van der Waals surface area contributed by atoms with E-state index in [1.165, 1.54) is 26.0 Å². The minimum atomic E-state index is -1.35. The number of rotatable bonds is 2. The highest BCUT2D eigenvalue weighted by atomic mass is 16.5. The molecule has 2 heterocycles. The van der Waals surface area contributed by atoms with Crippen molar-refractivity contribution in [1.82, 2.24) is 0 Å². The Bertz CT molecular complexity index is 975. The number of Topliss-reactive ketones (excluding diaryl/α,β-unsaturated/α-hetero) is 1. The highest BCUT2D eigenvalue weighted by Crippen LogP contribution is 2.49. The smallest absolute Gasteiger partial charge is 0.174 e. The number of ketones is 1. The summed E-state index contributed by atoms with van der Waals surface area (Å²) < 4.78 is 11.3. The molecule has 2 aliphatic rings. The molecule has 148 valence electrons. The van der Waals surface area contributed by atoms with Crippen LogP contribution in [0.1, 0.15) is 54.0 Å². The molecule has 0 saturated heterocycles. The molecule has 0 aromatic heterocycles. The predicted molar refractivity (Wildman–Crippen MR) is 95.9 cm³/mol. The molecule has 0 aliphatic carbocycles. The van der Waals surface area contributed by atoms with Gasteiger partial charge in [0.1, 0.15) is 35.0 Å². The Kier molecular flexibility index (Phi) is 3.95. The predicted octanol–water partition coefficient (Wildman–Crippen LogP) is 2.08. The lowest BCUT2D eigenvalue weighted by Gasteiger charge is -2.27. The van der Waals surface area contributed by atoms with Gasteiger partial charge in [0.2, 0.25) is 0 Å². The van der Waals surface area contributed by atoms with Crippen LogP contribution in [0.3, 0.4) is 0 Å². The SMILES string of the molecule is CC(C)(O)[C@H]1Oc2c(O)cc([C@@H]3CC(=O)c4c(O)cc(O)cc4O3)cc2[C@@H]1O. The van der Waals surface area contributed by atoms with Gasteiger partial charge in [-0.3, -0.25) is 4.79 Å². The number of aliphatic hydroxyl groups excluding tert-OH is 1. The summed E-state index contributed by atoms with van der Waals surface area (Å²) in [7, 11) is 0. The number of phenols is 3. The van der Waals surface area contributed by atoms with Crippen LogP contribution in [0, 0.1) is 0 Å². The zero-order chi connectivity index (χ0) is 20.4. The molecule has 0 bridgehead atoms. The number of ether oxygens (including phenoxy) is 2. The number of aromatic hydroxyl groups is 3. The Morgan fingerprint density at radius 1 is 1.04 bits per heavy atom. The second-order valence-electron chi connectivity index (χ2n) is 7.67. The highest BCUT2D eigenvalue weighted by Gasteiger charge is 2.44. The zero-order valence-corrected chi connectivity index (χ0v) is 15.2. The van der Waals surface area contributed by atoms with E-state index in [0.29, 0.717) is 5.56 Å². The van der Waals surface area contributed by atoms with Gasteiger partial charge in [-0.1, -0.05) is 0 Å². The summed E-state index contributed by atoms with van der Waals surface area (Å²) in [6, 6.07) is 5.21. The van der Waals surface area contributed by atoms with Gasteiger partial charge in [0.25, 0.3) is 0 Å². The summed E-state index contributed by atoms with van der Waals surface area (Å²) in [6.07, 6.45) is -3.05. The van der Waals surface area contributed by atoms with E-state index in [0.717, 1.165) is 6.07 Å². The normalized spacial score (nSPS) is 23.6. The Morgan fingerprint density at radius 3 is 2.43 bits per heavy atom. The van der Waals surface area contributed by atoms with Crippen molar-refractivity contribution >= 4 is 5.78 Å². The van der Waals surface area contributed by atoms with Crippen LogP contribution in [-0.4, -0.2) is 43.0 Å². The molecule has 2 aliphatic heterocycles. The third-order valence-electron chi connectivity index (χ3n) is 5.02. The van der Waals surface area contributed by atoms with Crippen molar-refractivity contribution in [1.29, 1.82) is 0 Å². The quantitative estimate of drug-likeness (QED) is 0.527. The van der Waals surface area contributed by atoms with Gasteiger partial charge in [0.05, 0.1) is 12.0 Å². The fourth-order valence-electron chi connectivity index (χ4n) is 3.69. The van der Waals surface area contributed by atoms with Crippen LogP contribution in [0.25, 0.3) is 0 Å². The Morgan fingerprint density at radius 2 is 1.75 bits per heavy atom. The first-order valence-electron chi connectivity index (χ1n) is 8.76. The fraction of sp³-hybridized carbons (Fsp3) is 0.350. The van der Waals surface area contributed by atoms with E-state index in [2.05, 4.69) is 0 Å². The molecule has 0 spiro atoms. The molecule has 2 aromatic rings. The number of carbonyl (C=O) groups excluding carboxylic acids is 1. The van der Waals surface area contributed by atoms with Crippen LogP contribution in [0.4, 0.5) is 0 Å². The molecule has 28 heavy (non-hydrogen) atoms. The van der Waals surface area contributed by atoms with Crippen LogP contribution >= 0.6 is 0 Å². The van der Waals surface area contributed by atoms with Gasteiger partial charge in [0.15, 0.2) is 23.4 Å². The minimum Gasteiger partial charge on any atom is -0.508 e. The van der Waals surface area contributed by atoms with Crippen LogP contribution < -0.4 is 9.47 Å². The number of hydrogen-bond donors (Lipinski definition) is 5. The first kappa shape index (κ1) is 18.4. The van der Waals surface area contributed by atoms with Gasteiger partial charge in [-0.25, -0.2) is 0 Å². The average molecular weight is 388 g/mol. The van der Waals surface area contributed by atoms with E-state index in [1.54, 1.807) is 6.07 Å². The van der Waals surface area contributed by atoms with Crippen molar-refractivity contribution in [2.75, 3.05) is 0 Å². The minimum absolute atomic E-state index is 0.00936. The summed E-state index contributed by atoms with van der Waals surface area (Å²) in [5, 5.41) is 50.6. The van der Waals surface area contributed by atoms with Crippen molar-refractivity contribution in [3.05, 3.63) is 41.0 Å². The molecule has 0 amide bonds. The van der Waals surface area contributed by atoms with E-state index in [9.17, 15) is 30.3 Å². The summed E-state index contributed by atoms with van der Waals surface area (Å²) in [5.74, 6) is -1.15. The third kappa shape index (κ3) is 2.81. The van der Waals surface area contributed by atoms with Crippen LogP contribution in [0.15, 0.2) is 24.3 Å². The zero-order valence-electron chi connectivity index (χ0n) is 15.2. The second kappa shape index (κ2) is 6.02. The first-order chi connectivity index (χ1) is 13.1. The maximum absolute atomic E-state index is 12.5. The van der Waals surface area contributed by atoms with Crippen LogP contribution in [0.2, 0.25) is 0 Å². The average Bonchev–Trinajstić information content (AvgIpc) is 2.91. The number of hydrogen-bond acceptors (Lipinski definition) is 8. The number of benzene rings is 2. The van der Waals surface area contributed by atoms with Crippen molar-refractivity contribution in [2.24, 2.45) is 0 Å². The number of fused-ring (bicyclic) bond motifs is 2. The molecule has 3 atom stereocenters. The topological polar surface area (TPSA) is 137 Å². The molecule has 5 N–H and O–H groups in total. The Labute approximate surface area is 160 Å². The van der Waals surface area contributed by atoms with Crippen molar-refractivity contribution in [3.8, 4) is 28.7 Å². The van der Waals surface area contributed by atoms with Gasteiger partial charge < -0.3 is 35.0 Å². The van der Waals surface area contributed by atoms with Crippen LogP contribution in [0.5, 0.6) is 28.7 Å². The largest absolute Gasteiger partial charge is 0.508 e. The Hall–Kier alpha value is -2.97. The van der Waals surface area contributed by atoms with Crippen LogP contribution in [-0.2, 0) is 0 Å². The second-order valence-corrected chi connectivity index (χ2v) is 7.67. The molecule has 0 fully saturated rings. The van der Waals surface area contributed by atoms with Crippen molar-refractivity contribution in [2.45, 2.75) is 44.2 Å². The van der Waals surface area contributed by atoms with Gasteiger partial charge >= 0.3 is 0 Å². The maximum atomic E-state index is 12.5. The van der Waals surface area contributed by atoms with E-state index in [4.69, 9.17) is 9.47 Å². The van der Waals surface area contributed by atoms with Gasteiger partial charge in [0, 0.05) is 17.7 Å². The molecule has 4 rings (SSSR count). The van der Waals surface area contributed by atoms with E-state index < -0.39 is 23.9 Å². The molecule has 2 aromatic carbocycles. The van der Waals surface area contributed by atoms with Gasteiger partial charge in [-0.05, 0) is 31.5 Å². The highest BCUT2D eigenvalue weighted by molar-refractivity contribution is 6.02. The molecule has 0 radical (unpaired) electrons. The van der Waals surface area contributed by atoms with Gasteiger partial charge in [-0.2, -0.15) is 0 Å². The first-order valence-corrected chi connectivity index (χ1v) is 8.76. The van der Waals surface area contributed by atoms with E-state index in [-0.39, 0.29) is 52.1 Å². The van der Waals surface area contributed by atoms with Crippen molar-refractivity contribution < 1.29 is 39.8 Å². The molecule has 8 nitrogen and oxygen atoms in total. The van der Waals surface area contributed by atoms with Gasteiger partial charge in [-0.15, -0.1) is 0 Å². The summed E-state index contributed by atoms with van der Waals surface area (Å²) in [6.45, 7) is 2.98. The monoisotopic (exact) mass is 388 g/mol. The number of aliphatic hydroxyl groups is 2. The van der Waals surface area contributed by atoms with Crippen molar-refractivity contribution in [3.63, 3.8) is 0 Å². The Balaban J connectivity index is 1.72. The van der Waals surface area contributed by atoms with E-state index >= 15 is 0 Å². The summed E-state index contributed by atoms with van der Waals surface area (Å²) in [5.41, 5.74) is -0.666.